The summed E-state index contributed by atoms with van der Waals surface area (Å²) < 4.78 is 7.88. The van der Waals surface area contributed by atoms with Crippen molar-refractivity contribution in [3.8, 4) is 5.75 Å². The maximum atomic E-state index is 6.11. The van der Waals surface area contributed by atoms with Gasteiger partial charge in [0.1, 0.15) is 5.75 Å². The lowest BCUT2D eigenvalue weighted by molar-refractivity contribution is 0.260. The van der Waals surface area contributed by atoms with E-state index in [9.17, 15) is 0 Å². The van der Waals surface area contributed by atoms with Crippen molar-refractivity contribution in [2.75, 3.05) is 19.7 Å². The third kappa shape index (κ3) is 3.24. The monoisotopic (exact) mass is 415 g/mol. The molecule has 0 spiro atoms. The van der Waals surface area contributed by atoms with Crippen LogP contribution >= 0.6 is 50.1 Å². The zero-order valence-corrected chi connectivity index (χ0v) is 13.1. The van der Waals surface area contributed by atoms with Gasteiger partial charge in [0.25, 0.3) is 0 Å². The molecule has 2 rings (SSSR count). The summed E-state index contributed by atoms with van der Waals surface area (Å²) in [6.07, 6.45) is 1.19. The fourth-order valence-corrected chi connectivity index (χ4v) is 2.81. The molecule has 1 heterocycles. The molecular weight excluding hydrogens is 404 g/mol. The zero-order chi connectivity index (χ0) is 11.5. The average molecular weight is 416 g/mol. The normalized spacial score (nSPS) is 20.1. The van der Waals surface area contributed by atoms with Crippen molar-refractivity contribution in [1.29, 1.82) is 0 Å². The van der Waals surface area contributed by atoms with Crippen LogP contribution in [-0.2, 0) is 0 Å². The first-order chi connectivity index (χ1) is 7.66. The fraction of sp³-hybridized carbons (Fsp3) is 0.455. The SMILES string of the molecule is Clc1cc(Br)c(I)cc1OCC1CCNC1. The summed E-state index contributed by atoms with van der Waals surface area (Å²) in [6.45, 7) is 2.88. The third-order valence-corrected chi connectivity index (χ3v) is 5.20. The molecule has 1 atom stereocenters. The number of hydrogen-bond acceptors (Lipinski definition) is 2. The minimum absolute atomic E-state index is 0.609. The van der Waals surface area contributed by atoms with Gasteiger partial charge in [-0.15, -0.1) is 0 Å². The smallest absolute Gasteiger partial charge is 0.139 e. The zero-order valence-electron chi connectivity index (χ0n) is 8.60. The molecule has 0 bridgehead atoms. The molecule has 1 aliphatic rings. The Morgan fingerprint density at radius 2 is 2.38 bits per heavy atom. The molecule has 2 nitrogen and oxygen atoms in total. The van der Waals surface area contributed by atoms with Crippen LogP contribution in [0.3, 0.4) is 0 Å². The highest BCUT2D eigenvalue weighted by Crippen LogP contribution is 2.32. The fourth-order valence-electron chi connectivity index (χ4n) is 1.68. The molecule has 16 heavy (non-hydrogen) atoms. The van der Waals surface area contributed by atoms with E-state index >= 15 is 0 Å². The summed E-state index contributed by atoms with van der Waals surface area (Å²) in [5.41, 5.74) is 0. The molecule has 5 heteroatoms. The third-order valence-electron chi connectivity index (χ3n) is 2.61. The Morgan fingerprint density at radius 3 is 3.06 bits per heavy atom. The minimum Gasteiger partial charge on any atom is -0.492 e. The molecule has 0 aromatic heterocycles. The Morgan fingerprint density at radius 1 is 1.56 bits per heavy atom. The van der Waals surface area contributed by atoms with E-state index in [0.717, 1.165) is 33.5 Å². The van der Waals surface area contributed by atoms with Crippen molar-refractivity contribution in [3.63, 3.8) is 0 Å². The molecule has 1 aromatic carbocycles. The Bertz CT molecular complexity index is 382. The van der Waals surface area contributed by atoms with Crippen LogP contribution in [0.5, 0.6) is 5.75 Å². The van der Waals surface area contributed by atoms with E-state index in [2.05, 4.69) is 43.8 Å². The Hall–Kier alpha value is 0.480. The predicted octanol–water partition coefficient (Wildman–Crippen LogP) is 3.70. The summed E-state index contributed by atoms with van der Waals surface area (Å²) in [6, 6.07) is 3.85. The number of hydrogen-bond donors (Lipinski definition) is 1. The van der Waals surface area contributed by atoms with Gasteiger partial charge in [0.05, 0.1) is 11.6 Å². The van der Waals surface area contributed by atoms with Crippen molar-refractivity contribution < 1.29 is 4.74 Å². The van der Waals surface area contributed by atoms with Crippen LogP contribution in [0.1, 0.15) is 6.42 Å². The van der Waals surface area contributed by atoms with Crippen LogP contribution in [0.15, 0.2) is 16.6 Å². The van der Waals surface area contributed by atoms with Gasteiger partial charge in [0.2, 0.25) is 0 Å². The van der Waals surface area contributed by atoms with Gasteiger partial charge in [-0.3, -0.25) is 0 Å². The van der Waals surface area contributed by atoms with E-state index in [0.29, 0.717) is 10.9 Å². The summed E-state index contributed by atoms with van der Waals surface area (Å²) >= 11 is 11.8. The maximum Gasteiger partial charge on any atom is 0.139 e. The molecule has 1 saturated heterocycles. The van der Waals surface area contributed by atoms with E-state index in [1.165, 1.54) is 6.42 Å². The molecular formula is C11H12BrClINO. The van der Waals surface area contributed by atoms with E-state index in [4.69, 9.17) is 16.3 Å². The van der Waals surface area contributed by atoms with Crippen LogP contribution in [-0.4, -0.2) is 19.7 Å². The second kappa shape index (κ2) is 5.89. The van der Waals surface area contributed by atoms with Crippen LogP contribution in [0.2, 0.25) is 5.02 Å². The van der Waals surface area contributed by atoms with Gasteiger partial charge in [-0.05, 0) is 63.6 Å². The van der Waals surface area contributed by atoms with Crippen LogP contribution < -0.4 is 10.1 Å². The maximum absolute atomic E-state index is 6.11. The molecule has 0 aliphatic carbocycles. The topological polar surface area (TPSA) is 21.3 Å². The molecule has 0 saturated carbocycles. The molecule has 0 amide bonds. The van der Waals surface area contributed by atoms with Gasteiger partial charge >= 0.3 is 0 Å². The Kier molecular flexibility index (Phi) is 4.76. The molecule has 1 N–H and O–H groups in total. The average Bonchev–Trinajstić information content (AvgIpc) is 2.74. The quantitative estimate of drug-likeness (QED) is 0.599. The van der Waals surface area contributed by atoms with Crippen LogP contribution in [0.25, 0.3) is 0 Å². The second-order valence-corrected chi connectivity index (χ2v) is 6.29. The lowest BCUT2D eigenvalue weighted by Crippen LogP contribution is -2.15. The van der Waals surface area contributed by atoms with Crippen molar-refractivity contribution in [2.24, 2.45) is 5.92 Å². The molecule has 1 aromatic rings. The first-order valence-corrected chi connectivity index (χ1v) is 7.40. The van der Waals surface area contributed by atoms with E-state index < -0.39 is 0 Å². The highest BCUT2D eigenvalue weighted by atomic mass is 127. The van der Waals surface area contributed by atoms with Crippen LogP contribution in [0, 0.1) is 9.49 Å². The second-order valence-electron chi connectivity index (χ2n) is 3.87. The molecule has 88 valence electrons. The summed E-state index contributed by atoms with van der Waals surface area (Å²) in [5.74, 6) is 1.39. The van der Waals surface area contributed by atoms with Crippen LogP contribution in [0.4, 0.5) is 0 Å². The number of ether oxygens (including phenoxy) is 1. The van der Waals surface area contributed by atoms with Crippen molar-refractivity contribution in [1.82, 2.24) is 5.32 Å². The van der Waals surface area contributed by atoms with Gasteiger partial charge < -0.3 is 10.1 Å². The summed E-state index contributed by atoms with van der Waals surface area (Å²) in [5, 5.41) is 3.99. The first-order valence-electron chi connectivity index (χ1n) is 5.15. The minimum atomic E-state index is 0.609. The van der Waals surface area contributed by atoms with Crippen molar-refractivity contribution >= 4 is 50.1 Å². The largest absolute Gasteiger partial charge is 0.492 e. The van der Waals surface area contributed by atoms with Crippen molar-refractivity contribution in [2.45, 2.75) is 6.42 Å². The van der Waals surface area contributed by atoms with Gasteiger partial charge in [-0.2, -0.15) is 0 Å². The first kappa shape index (κ1) is 12.9. The number of benzene rings is 1. The lowest BCUT2D eigenvalue weighted by atomic mass is 10.1. The molecule has 1 aliphatic heterocycles. The summed E-state index contributed by atoms with van der Waals surface area (Å²) in [7, 11) is 0. The predicted molar refractivity (Wildman–Crippen MR) is 78.3 cm³/mol. The molecule has 1 unspecified atom stereocenters. The molecule has 1 fully saturated rings. The van der Waals surface area contributed by atoms with Gasteiger partial charge in [0, 0.05) is 20.5 Å². The van der Waals surface area contributed by atoms with E-state index in [-0.39, 0.29) is 0 Å². The highest BCUT2D eigenvalue weighted by Gasteiger charge is 2.16. The summed E-state index contributed by atoms with van der Waals surface area (Å²) in [4.78, 5) is 0. The number of halogens is 3. The highest BCUT2D eigenvalue weighted by molar-refractivity contribution is 14.1. The Balaban J connectivity index is 2.00. The molecule has 0 radical (unpaired) electrons. The number of nitrogens with one attached hydrogen (secondary N) is 1. The van der Waals surface area contributed by atoms with Crippen molar-refractivity contribution in [3.05, 3.63) is 25.2 Å². The Labute approximate surface area is 122 Å². The van der Waals surface area contributed by atoms with E-state index in [1.54, 1.807) is 0 Å². The van der Waals surface area contributed by atoms with Gasteiger partial charge in [0.15, 0.2) is 0 Å². The van der Waals surface area contributed by atoms with Gasteiger partial charge in [-0.1, -0.05) is 11.6 Å². The van der Waals surface area contributed by atoms with Gasteiger partial charge in [-0.25, -0.2) is 0 Å². The number of rotatable bonds is 3. The lowest BCUT2D eigenvalue weighted by Gasteiger charge is -2.12. The van der Waals surface area contributed by atoms with E-state index in [1.807, 2.05) is 12.1 Å². The standard InChI is InChI=1S/C11H12BrClINO/c12-8-3-9(13)11(4-10(8)14)16-6-7-1-2-15-5-7/h3-4,7,15H,1-2,5-6H2.